The number of rotatable bonds is 1. The fourth-order valence-corrected chi connectivity index (χ4v) is 1.29. The van der Waals surface area contributed by atoms with Crippen LogP contribution in [0.3, 0.4) is 0 Å². The third kappa shape index (κ3) is 4.01. The van der Waals surface area contributed by atoms with E-state index in [0.29, 0.717) is 0 Å². The Morgan fingerprint density at radius 3 is 2.13 bits per heavy atom. The van der Waals surface area contributed by atoms with Crippen molar-refractivity contribution < 1.29 is 21.7 Å². The summed E-state index contributed by atoms with van der Waals surface area (Å²) < 4.78 is 5.12. The van der Waals surface area contributed by atoms with Gasteiger partial charge in [-0.25, -0.2) is 0 Å². The van der Waals surface area contributed by atoms with E-state index in [0.717, 1.165) is 5.75 Å². The third-order valence-corrected chi connectivity index (χ3v) is 1.96. The second-order valence-electron chi connectivity index (χ2n) is 2.71. The van der Waals surface area contributed by atoms with Crippen LogP contribution in [0.25, 0.3) is 10.8 Å². The number of methoxy groups -OCH3 is 1. The quantitative estimate of drug-likeness (QED) is 0.670. The summed E-state index contributed by atoms with van der Waals surface area (Å²) in [6, 6.07) is 14.3. The molecular formula is C12H13BrMgO. The predicted octanol–water partition coefficient (Wildman–Crippen LogP) is 0.0554. The molecule has 2 aromatic rings. The summed E-state index contributed by atoms with van der Waals surface area (Å²) >= 11 is 1.86. The Hall–Kier alpha value is -0.254. The van der Waals surface area contributed by atoms with Crippen LogP contribution in [0.5, 0.6) is 5.75 Å². The first-order valence-corrected chi connectivity index (χ1v) is 6.05. The van der Waals surface area contributed by atoms with Gasteiger partial charge in [-0.1, -0.05) is 30.3 Å². The van der Waals surface area contributed by atoms with Gasteiger partial charge in [0.25, 0.3) is 0 Å². The molecule has 3 heteroatoms. The van der Waals surface area contributed by atoms with Gasteiger partial charge in [-0.3, -0.25) is 0 Å². The second kappa shape index (κ2) is 7.96. The standard InChI is InChI=1S/C11H10O.CH3.BrH.Mg/c1-12-11-7-6-9-4-2-3-5-10(9)8-11;;;/h2-8H,1H3;1H3;1H;/q;;;+1/p-1. The third-order valence-electron chi connectivity index (χ3n) is 1.96. The first kappa shape index (κ1) is 14.7. The van der Waals surface area contributed by atoms with Gasteiger partial charge in [0.2, 0.25) is 0 Å². The molecule has 2 aromatic carbocycles. The average molecular weight is 277 g/mol. The normalized spacial score (nSPS) is 8.53. The molecule has 76 valence electrons. The summed E-state index contributed by atoms with van der Waals surface area (Å²) in [5.41, 5.74) is 0. The molecule has 0 saturated carbocycles. The van der Waals surface area contributed by atoms with Gasteiger partial charge >= 0.3 is 26.8 Å². The van der Waals surface area contributed by atoms with E-state index >= 15 is 0 Å². The molecule has 0 aromatic heterocycles. The van der Waals surface area contributed by atoms with E-state index in [4.69, 9.17) is 4.74 Å². The number of ether oxygens (including phenoxy) is 1. The fraction of sp³-hybridized carbons (Fsp3) is 0.167. The first-order chi connectivity index (χ1) is 6.90. The zero-order chi connectivity index (χ0) is 10.4. The van der Waals surface area contributed by atoms with Gasteiger partial charge in [0.05, 0.1) is 7.11 Å². The van der Waals surface area contributed by atoms with Crippen LogP contribution in [-0.2, 0) is 0 Å². The monoisotopic (exact) mass is 276 g/mol. The molecule has 2 rings (SSSR count). The van der Waals surface area contributed by atoms with Gasteiger partial charge in [0.15, 0.2) is 0 Å². The molecule has 0 saturated heterocycles. The van der Waals surface area contributed by atoms with Crippen molar-refractivity contribution in [1.29, 1.82) is 0 Å². The Bertz CT molecular complexity index is 403. The molecule has 15 heavy (non-hydrogen) atoms. The van der Waals surface area contributed by atoms with Crippen LogP contribution in [0.2, 0.25) is 5.05 Å². The molecule has 0 amide bonds. The van der Waals surface area contributed by atoms with Crippen molar-refractivity contribution in [1.82, 2.24) is 0 Å². The SMILES string of the molecule is COc1ccc2ccccc2c1.[Br-].[CH3][Mg+]. The Kier molecular flexibility index (Phi) is 7.83. The van der Waals surface area contributed by atoms with Crippen molar-refractivity contribution in [2.75, 3.05) is 7.11 Å². The molecular weight excluding hydrogens is 264 g/mol. The summed E-state index contributed by atoms with van der Waals surface area (Å²) in [5.74, 6) is 0.911. The van der Waals surface area contributed by atoms with Crippen LogP contribution < -0.4 is 21.7 Å². The van der Waals surface area contributed by atoms with Gasteiger partial charge in [0.1, 0.15) is 5.75 Å². The minimum atomic E-state index is 0. The zero-order valence-corrected chi connectivity index (χ0v) is 12.0. The van der Waals surface area contributed by atoms with E-state index in [-0.39, 0.29) is 17.0 Å². The van der Waals surface area contributed by atoms with Crippen LogP contribution >= 0.6 is 0 Å². The molecule has 0 atom stereocenters. The van der Waals surface area contributed by atoms with Crippen LogP contribution in [0.4, 0.5) is 0 Å². The van der Waals surface area contributed by atoms with E-state index < -0.39 is 0 Å². The number of fused-ring (bicyclic) bond motifs is 1. The molecule has 0 N–H and O–H groups in total. The van der Waals surface area contributed by atoms with E-state index in [1.807, 2.05) is 51.0 Å². The van der Waals surface area contributed by atoms with Crippen molar-refractivity contribution in [2.24, 2.45) is 0 Å². The van der Waals surface area contributed by atoms with Crippen LogP contribution in [0, 0.1) is 0 Å². The topological polar surface area (TPSA) is 9.23 Å². The predicted molar refractivity (Wildman–Crippen MR) is 62.1 cm³/mol. The van der Waals surface area contributed by atoms with Crippen molar-refractivity contribution in [3.8, 4) is 5.75 Å². The number of halogens is 1. The molecule has 0 spiro atoms. The summed E-state index contributed by atoms with van der Waals surface area (Å²) in [4.78, 5) is 0. The molecule has 0 bridgehead atoms. The zero-order valence-electron chi connectivity index (χ0n) is 9.03. The maximum atomic E-state index is 5.12. The van der Waals surface area contributed by atoms with Gasteiger partial charge in [-0.2, -0.15) is 0 Å². The molecule has 0 heterocycles. The molecule has 0 aliphatic heterocycles. The molecule has 0 aliphatic rings. The number of benzene rings is 2. The van der Waals surface area contributed by atoms with Crippen LogP contribution in [0.1, 0.15) is 0 Å². The van der Waals surface area contributed by atoms with Crippen LogP contribution in [-0.4, -0.2) is 28.8 Å². The molecule has 1 nitrogen and oxygen atoms in total. The Morgan fingerprint density at radius 2 is 1.53 bits per heavy atom. The Balaban J connectivity index is 0.000000617. The Morgan fingerprint density at radius 1 is 0.933 bits per heavy atom. The molecule has 0 aliphatic carbocycles. The molecule has 0 unspecified atom stereocenters. The number of hydrogen-bond acceptors (Lipinski definition) is 1. The van der Waals surface area contributed by atoms with Crippen LogP contribution in [0.15, 0.2) is 42.5 Å². The van der Waals surface area contributed by atoms with Gasteiger partial charge in [0, 0.05) is 0 Å². The molecule has 0 fully saturated rings. The second-order valence-corrected chi connectivity index (χ2v) is 2.71. The van der Waals surface area contributed by atoms with Crippen molar-refractivity contribution in [3.05, 3.63) is 42.5 Å². The summed E-state index contributed by atoms with van der Waals surface area (Å²) in [5, 5.41) is 4.50. The van der Waals surface area contributed by atoms with E-state index in [2.05, 4.69) is 18.2 Å². The average Bonchev–Trinajstić information content (AvgIpc) is 2.31. The summed E-state index contributed by atoms with van der Waals surface area (Å²) in [7, 11) is 1.68. The summed E-state index contributed by atoms with van der Waals surface area (Å²) in [6.45, 7) is 0. The number of hydrogen-bond donors (Lipinski definition) is 0. The van der Waals surface area contributed by atoms with E-state index in [1.54, 1.807) is 7.11 Å². The van der Waals surface area contributed by atoms with Crippen molar-refractivity contribution in [2.45, 2.75) is 5.05 Å². The maximum absolute atomic E-state index is 5.12. The fourth-order valence-electron chi connectivity index (χ4n) is 1.29. The van der Waals surface area contributed by atoms with Crippen molar-refractivity contribution in [3.63, 3.8) is 0 Å². The molecule has 0 radical (unpaired) electrons. The first-order valence-electron chi connectivity index (χ1n) is 4.63. The van der Waals surface area contributed by atoms with Gasteiger partial charge < -0.3 is 21.7 Å². The van der Waals surface area contributed by atoms with Gasteiger partial charge in [-0.05, 0) is 22.9 Å². The van der Waals surface area contributed by atoms with Gasteiger partial charge in [-0.15, -0.1) is 0 Å². The van der Waals surface area contributed by atoms with Crippen molar-refractivity contribution >= 4 is 32.5 Å². The van der Waals surface area contributed by atoms with E-state index in [1.165, 1.54) is 10.8 Å². The van der Waals surface area contributed by atoms with E-state index in [9.17, 15) is 0 Å². The minimum absolute atomic E-state index is 0. The summed E-state index contributed by atoms with van der Waals surface area (Å²) in [6.07, 6.45) is 0. The Labute approximate surface area is 114 Å².